The monoisotopic (exact) mass is 225 g/mol. The zero-order valence-corrected chi connectivity index (χ0v) is 8.76. The molecule has 0 spiro atoms. The van der Waals surface area contributed by atoms with Gasteiger partial charge in [0, 0.05) is 0 Å². The molecular formula is C5H14Cl3NO2. The second-order valence-electron chi connectivity index (χ2n) is 2.11. The molecule has 3 nitrogen and oxygen atoms in total. The molecule has 0 saturated heterocycles. The number of rotatable bonds is 2. The van der Waals surface area contributed by atoms with Gasteiger partial charge >= 0.3 is 5.97 Å². The summed E-state index contributed by atoms with van der Waals surface area (Å²) in [5.41, 5.74) is 5.16. The van der Waals surface area contributed by atoms with Gasteiger partial charge in [0.2, 0.25) is 0 Å². The van der Waals surface area contributed by atoms with Crippen molar-refractivity contribution in [2.45, 2.75) is 19.9 Å². The van der Waals surface area contributed by atoms with Gasteiger partial charge in [-0.15, -0.1) is 37.2 Å². The molecule has 3 N–H and O–H groups in total. The number of hydrogen-bond donors (Lipinski definition) is 2. The Labute approximate surface area is 85.0 Å². The van der Waals surface area contributed by atoms with Gasteiger partial charge in [0.25, 0.3) is 0 Å². The Morgan fingerprint density at radius 2 is 1.55 bits per heavy atom. The van der Waals surface area contributed by atoms with Gasteiger partial charge in [0.1, 0.15) is 6.04 Å². The zero-order valence-electron chi connectivity index (χ0n) is 6.31. The van der Waals surface area contributed by atoms with Crippen LogP contribution < -0.4 is 5.73 Å². The number of carboxylic acids is 1. The fourth-order valence-electron chi connectivity index (χ4n) is 0.285. The Morgan fingerprint density at radius 1 is 1.27 bits per heavy atom. The van der Waals surface area contributed by atoms with Gasteiger partial charge in [0.15, 0.2) is 0 Å². The molecule has 0 radical (unpaired) electrons. The lowest BCUT2D eigenvalue weighted by Gasteiger charge is -2.07. The molecule has 1 atom stereocenters. The minimum Gasteiger partial charge on any atom is -0.480 e. The van der Waals surface area contributed by atoms with Crippen molar-refractivity contribution in [1.82, 2.24) is 0 Å². The lowest BCUT2D eigenvalue weighted by atomic mass is 10.1. The smallest absolute Gasteiger partial charge is 0.320 e. The summed E-state index contributed by atoms with van der Waals surface area (Å²) in [6.45, 7) is 3.55. The average molecular weight is 227 g/mol. The highest BCUT2D eigenvalue weighted by Gasteiger charge is 2.14. The van der Waals surface area contributed by atoms with E-state index < -0.39 is 12.0 Å². The molecule has 0 aliphatic carbocycles. The van der Waals surface area contributed by atoms with Gasteiger partial charge in [-0.1, -0.05) is 13.8 Å². The van der Waals surface area contributed by atoms with E-state index in [0.29, 0.717) is 0 Å². The van der Waals surface area contributed by atoms with Crippen molar-refractivity contribution in [3.8, 4) is 0 Å². The van der Waals surface area contributed by atoms with Crippen LogP contribution in [0.4, 0.5) is 0 Å². The zero-order chi connectivity index (χ0) is 6.73. The van der Waals surface area contributed by atoms with Crippen LogP contribution in [0.1, 0.15) is 13.8 Å². The average Bonchev–Trinajstić information content (AvgIpc) is 1.64. The van der Waals surface area contributed by atoms with Crippen LogP contribution in [0, 0.1) is 5.92 Å². The first-order valence-corrected chi connectivity index (χ1v) is 2.54. The number of halogens is 3. The van der Waals surface area contributed by atoms with Crippen LogP contribution in [-0.2, 0) is 4.79 Å². The standard InChI is InChI=1S/C5H11NO2.3ClH/c1-3(2)4(6)5(7)8;;;/h3-4H,6H2,1-2H3,(H,7,8);3*1H. The maximum Gasteiger partial charge on any atom is 0.320 e. The highest BCUT2D eigenvalue weighted by atomic mass is 35.5. The summed E-state index contributed by atoms with van der Waals surface area (Å²) in [7, 11) is 0. The first kappa shape index (κ1) is 22.5. The Kier molecular flexibility index (Phi) is 21.1. The molecule has 0 bridgehead atoms. The maximum atomic E-state index is 10.0. The quantitative estimate of drug-likeness (QED) is 0.746. The van der Waals surface area contributed by atoms with Crippen molar-refractivity contribution in [2.24, 2.45) is 11.7 Å². The van der Waals surface area contributed by atoms with Crippen LogP contribution >= 0.6 is 37.2 Å². The van der Waals surface area contributed by atoms with E-state index in [1.54, 1.807) is 13.8 Å². The van der Waals surface area contributed by atoms with Crippen LogP contribution in [0.5, 0.6) is 0 Å². The fraction of sp³-hybridized carbons (Fsp3) is 0.800. The second kappa shape index (κ2) is 10.3. The van der Waals surface area contributed by atoms with Crippen molar-refractivity contribution in [1.29, 1.82) is 0 Å². The van der Waals surface area contributed by atoms with Gasteiger partial charge in [-0.25, -0.2) is 0 Å². The van der Waals surface area contributed by atoms with Gasteiger partial charge in [-0.3, -0.25) is 4.79 Å². The minimum atomic E-state index is -0.931. The van der Waals surface area contributed by atoms with Gasteiger partial charge in [0.05, 0.1) is 0 Å². The highest BCUT2D eigenvalue weighted by molar-refractivity contribution is 5.86. The molecule has 11 heavy (non-hydrogen) atoms. The maximum absolute atomic E-state index is 10.0. The van der Waals surface area contributed by atoms with Crippen LogP contribution in [0.15, 0.2) is 0 Å². The Hall–Kier alpha value is 0.300. The molecular weight excluding hydrogens is 212 g/mol. The number of aliphatic carboxylic acids is 1. The van der Waals surface area contributed by atoms with Crippen LogP contribution in [-0.4, -0.2) is 17.1 Å². The van der Waals surface area contributed by atoms with E-state index >= 15 is 0 Å². The molecule has 0 heterocycles. The number of carbonyl (C=O) groups is 1. The lowest BCUT2D eigenvalue weighted by molar-refractivity contribution is -0.139. The predicted octanol–water partition coefficient (Wildman–Crippen LogP) is 1.32. The number of carboxylic acid groups (broad SMARTS) is 1. The first-order valence-electron chi connectivity index (χ1n) is 2.54. The van der Waals surface area contributed by atoms with E-state index in [4.69, 9.17) is 10.8 Å². The summed E-state index contributed by atoms with van der Waals surface area (Å²) in [6, 6.07) is -0.713. The Balaban J connectivity index is -0.0000000817. The molecule has 72 valence electrons. The van der Waals surface area contributed by atoms with E-state index in [1.165, 1.54) is 0 Å². The highest BCUT2D eigenvalue weighted by Crippen LogP contribution is 1.96. The predicted molar refractivity (Wildman–Crippen MR) is 52.2 cm³/mol. The molecule has 0 aliphatic rings. The molecule has 0 aliphatic heterocycles. The minimum absolute atomic E-state index is 0. The van der Waals surface area contributed by atoms with E-state index in [9.17, 15) is 4.79 Å². The van der Waals surface area contributed by atoms with Gasteiger partial charge in [-0.2, -0.15) is 0 Å². The molecule has 1 unspecified atom stereocenters. The first-order chi connectivity index (χ1) is 3.55. The number of hydrogen-bond acceptors (Lipinski definition) is 2. The molecule has 0 amide bonds. The molecule has 0 saturated carbocycles. The molecule has 0 aromatic rings. The van der Waals surface area contributed by atoms with E-state index in [2.05, 4.69) is 0 Å². The molecule has 6 heteroatoms. The van der Waals surface area contributed by atoms with Crippen LogP contribution in [0.2, 0.25) is 0 Å². The second-order valence-corrected chi connectivity index (χ2v) is 2.11. The molecule has 0 rings (SSSR count). The lowest BCUT2D eigenvalue weighted by Crippen LogP contribution is -2.34. The van der Waals surface area contributed by atoms with E-state index in [-0.39, 0.29) is 43.1 Å². The summed E-state index contributed by atoms with van der Waals surface area (Å²) in [5.74, 6) is -0.910. The molecule has 0 aromatic heterocycles. The third-order valence-corrected chi connectivity index (χ3v) is 1.00. The van der Waals surface area contributed by atoms with Crippen molar-refractivity contribution in [2.75, 3.05) is 0 Å². The summed E-state index contributed by atoms with van der Waals surface area (Å²) < 4.78 is 0. The SMILES string of the molecule is CC(C)C(N)C(=O)O.Cl.Cl.Cl. The summed E-state index contributed by atoms with van der Waals surface area (Å²) in [4.78, 5) is 10.0. The molecule has 0 fully saturated rings. The largest absolute Gasteiger partial charge is 0.480 e. The third-order valence-electron chi connectivity index (χ3n) is 1.00. The Bertz CT molecular complexity index is 99.7. The summed E-state index contributed by atoms with van der Waals surface area (Å²) in [6.07, 6.45) is 0. The van der Waals surface area contributed by atoms with E-state index in [1.807, 2.05) is 0 Å². The van der Waals surface area contributed by atoms with Gasteiger partial charge < -0.3 is 10.8 Å². The van der Waals surface area contributed by atoms with Crippen LogP contribution in [0.25, 0.3) is 0 Å². The van der Waals surface area contributed by atoms with Crippen molar-refractivity contribution in [3.05, 3.63) is 0 Å². The van der Waals surface area contributed by atoms with Crippen LogP contribution in [0.3, 0.4) is 0 Å². The Morgan fingerprint density at radius 3 is 1.55 bits per heavy atom. The number of nitrogens with two attached hydrogens (primary N) is 1. The van der Waals surface area contributed by atoms with Crippen molar-refractivity contribution in [3.63, 3.8) is 0 Å². The topological polar surface area (TPSA) is 63.3 Å². The summed E-state index contributed by atoms with van der Waals surface area (Å²) >= 11 is 0. The normalized spacial score (nSPS) is 10.2. The van der Waals surface area contributed by atoms with Crippen molar-refractivity contribution >= 4 is 43.2 Å². The third kappa shape index (κ3) is 10.3. The summed E-state index contributed by atoms with van der Waals surface area (Å²) in [5, 5.41) is 8.23. The van der Waals surface area contributed by atoms with E-state index in [0.717, 1.165) is 0 Å². The fourth-order valence-corrected chi connectivity index (χ4v) is 0.285. The van der Waals surface area contributed by atoms with Gasteiger partial charge in [-0.05, 0) is 5.92 Å². The molecule has 0 aromatic carbocycles. The van der Waals surface area contributed by atoms with Crippen molar-refractivity contribution < 1.29 is 9.90 Å².